The third kappa shape index (κ3) is 10.4. The molecule has 55 heavy (non-hydrogen) atoms. The molecule has 0 saturated heterocycles. The first kappa shape index (κ1) is 43.1. The second kappa shape index (κ2) is 18.1. The fourth-order valence-corrected chi connectivity index (χ4v) is 5.09. The van der Waals surface area contributed by atoms with Crippen molar-refractivity contribution in [3.63, 3.8) is 0 Å². The van der Waals surface area contributed by atoms with Gasteiger partial charge in [0.05, 0.1) is 64.2 Å². The third-order valence-corrected chi connectivity index (χ3v) is 8.04. The number of Topliss-reactive ketones (excluding diaryl/α,β-unsaturated/α-hetero) is 1. The number of alkyl halides is 3. The van der Waals surface area contributed by atoms with Gasteiger partial charge in [0, 0.05) is 52.7 Å². The normalized spacial score (nSPS) is 10.6. The van der Waals surface area contributed by atoms with Crippen molar-refractivity contribution in [2.24, 2.45) is 28.2 Å². The quantitative estimate of drug-likeness (QED) is 0.0684. The minimum absolute atomic E-state index is 0.0262. The van der Waals surface area contributed by atoms with E-state index in [1.54, 1.807) is 53.8 Å². The number of rotatable bonds is 6. The first-order valence-corrected chi connectivity index (χ1v) is 16.3. The third-order valence-electron chi connectivity index (χ3n) is 7.53. The van der Waals surface area contributed by atoms with Crippen molar-refractivity contribution in [3.05, 3.63) is 116 Å². The predicted molar refractivity (Wildman–Crippen MR) is 200 cm³/mol. The lowest BCUT2D eigenvalue weighted by atomic mass is 10.3. The first-order chi connectivity index (χ1) is 25.7. The van der Waals surface area contributed by atoms with Crippen molar-refractivity contribution in [1.82, 2.24) is 28.2 Å². The molecule has 6 aromatic rings. The smallest absolute Gasteiger partial charge is 0.354 e. The Morgan fingerprint density at radius 2 is 1.09 bits per heavy atom. The number of carboxylic acids is 1. The molecule has 19 nitrogen and oxygen atoms in total. The summed E-state index contributed by atoms with van der Waals surface area (Å²) >= 11 is 16.1. The fraction of sp³-hybridized carbons (Fsp3) is 0.212. The molecule has 0 bridgehead atoms. The first-order valence-electron chi connectivity index (χ1n) is 15.2. The second-order valence-corrected chi connectivity index (χ2v) is 13.3. The number of fused-ring (bicyclic) bond motifs is 2. The average Bonchev–Trinajstić information content (AvgIpc) is 3.91. The number of ketones is 1. The maximum Gasteiger partial charge on any atom is 0.354 e. The summed E-state index contributed by atoms with van der Waals surface area (Å²) in [7, 11) is 9.12. The van der Waals surface area contributed by atoms with E-state index >= 15 is 0 Å². The van der Waals surface area contributed by atoms with Gasteiger partial charge >= 0.3 is 17.9 Å². The number of halogens is 3. The van der Waals surface area contributed by atoms with Crippen molar-refractivity contribution in [1.29, 1.82) is 0 Å². The molecule has 0 atom stereocenters. The zero-order chi connectivity index (χ0) is 41.4. The summed E-state index contributed by atoms with van der Waals surface area (Å²) in [6.45, 7) is 0. The molecular formula is C33H31Cl3N8O11. The van der Waals surface area contributed by atoms with Crippen molar-refractivity contribution in [2.45, 2.75) is 3.79 Å². The van der Waals surface area contributed by atoms with Crippen molar-refractivity contribution >= 4 is 91.9 Å². The largest absolute Gasteiger partial charge is 0.477 e. The van der Waals surface area contributed by atoms with E-state index in [1.165, 1.54) is 48.9 Å². The Labute approximate surface area is 325 Å². The molecule has 0 fully saturated rings. The molecule has 0 aliphatic rings. The summed E-state index contributed by atoms with van der Waals surface area (Å²) in [5.41, 5.74) is 3.83. The van der Waals surface area contributed by atoms with Gasteiger partial charge in [-0.2, -0.15) is 0 Å². The van der Waals surface area contributed by atoms with Crippen LogP contribution in [0.5, 0.6) is 0 Å². The number of aromatic carboxylic acids is 1. The number of carboxylic acid groups (broad SMARTS) is 1. The Bertz CT molecular complexity index is 2410. The minimum atomic E-state index is -2.11. The molecule has 0 spiro atoms. The number of nitro groups is 2. The summed E-state index contributed by atoms with van der Waals surface area (Å²) in [5, 5.41) is 29.6. The van der Waals surface area contributed by atoms with Crippen LogP contribution in [-0.4, -0.2) is 84.9 Å². The van der Waals surface area contributed by atoms with E-state index in [0.29, 0.717) is 11.2 Å². The molecule has 290 valence electrons. The van der Waals surface area contributed by atoms with Gasteiger partial charge in [-0.1, -0.05) is 34.8 Å². The predicted octanol–water partition coefficient (Wildman–Crippen LogP) is 5.84. The number of esters is 2. The number of nitrogens with zero attached hydrogens (tertiary/aromatic N) is 8. The van der Waals surface area contributed by atoms with Crippen LogP contribution < -0.4 is 0 Å². The van der Waals surface area contributed by atoms with Crippen LogP contribution in [0.2, 0.25) is 0 Å². The lowest BCUT2D eigenvalue weighted by Crippen LogP contribution is -2.21. The van der Waals surface area contributed by atoms with E-state index in [2.05, 4.69) is 19.4 Å². The molecule has 6 rings (SSSR count). The van der Waals surface area contributed by atoms with Crippen LogP contribution in [0.15, 0.2) is 73.3 Å². The number of pyridine rings is 2. The molecular weight excluding hydrogens is 791 g/mol. The van der Waals surface area contributed by atoms with E-state index in [-0.39, 0.29) is 34.4 Å². The average molecular weight is 822 g/mol. The molecule has 0 aliphatic heterocycles. The van der Waals surface area contributed by atoms with Crippen LogP contribution in [0.4, 0.5) is 11.4 Å². The number of carbonyl (C=O) groups is 4. The maximum atomic E-state index is 11.5. The van der Waals surface area contributed by atoms with Gasteiger partial charge in [0.2, 0.25) is 5.78 Å². The van der Waals surface area contributed by atoms with Crippen LogP contribution in [0, 0.1) is 20.2 Å². The van der Waals surface area contributed by atoms with E-state index in [0.717, 1.165) is 22.6 Å². The molecule has 6 aromatic heterocycles. The zero-order valence-electron chi connectivity index (χ0n) is 29.7. The van der Waals surface area contributed by atoms with E-state index in [4.69, 9.17) is 39.9 Å². The molecule has 0 saturated carbocycles. The van der Waals surface area contributed by atoms with Crippen molar-refractivity contribution in [2.75, 3.05) is 14.2 Å². The standard InChI is InChI=1S/C10H10N2O2.C9H8N2O2.C7H5Cl3N2O3.C7H8N2O4/c1-12-8-4-3-5-11-7(8)6-9(12)10(13)14-2;1-11-7-3-2-4-10-6(7)5-8(11)9(12)13;1-11-3-4(12(14)15)2-5(11)6(13)7(8,9)10;1-8-4-5(9(11)12)3-6(8)7(10)13-2/h3-6H,1-2H3;2-5H,1H3,(H,12,13);2-3H,1H3;3-4H,1-2H3. The van der Waals surface area contributed by atoms with Crippen molar-refractivity contribution in [3.8, 4) is 0 Å². The van der Waals surface area contributed by atoms with E-state index in [1.807, 2.05) is 25.2 Å². The Morgan fingerprint density at radius 3 is 1.47 bits per heavy atom. The minimum Gasteiger partial charge on any atom is -0.477 e. The van der Waals surface area contributed by atoms with Gasteiger partial charge in [0.1, 0.15) is 17.1 Å². The van der Waals surface area contributed by atoms with Crippen LogP contribution in [0.25, 0.3) is 22.1 Å². The topological polar surface area (TPSA) is 239 Å². The molecule has 22 heteroatoms. The highest BCUT2D eigenvalue weighted by Gasteiger charge is 2.34. The highest BCUT2D eigenvalue weighted by molar-refractivity contribution is 6.77. The summed E-state index contributed by atoms with van der Waals surface area (Å²) in [6.07, 6.45) is 5.77. The summed E-state index contributed by atoms with van der Waals surface area (Å²) < 4.78 is 13.0. The zero-order valence-corrected chi connectivity index (χ0v) is 31.9. The lowest BCUT2D eigenvalue weighted by Gasteiger charge is -2.08. The number of aryl methyl sites for hydroxylation is 4. The monoisotopic (exact) mass is 820 g/mol. The van der Waals surface area contributed by atoms with Gasteiger partial charge in [-0.25, -0.2) is 14.4 Å². The van der Waals surface area contributed by atoms with E-state index < -0.39 is 31.4 Å². The Hall–Kier alpha value is -6.31. The fourth-order valence-electron chi connectivity index (χ4n) is 4.80. The number of hydrogen-bond donors (Lipinski definition) is 1. The molecule has 0 unspecified atom stereocenters. The molecule has 0 aromatic carbocycles. The van der Waals surface area contributed by atoms with Gasteiger partial charge < -0.3 is 32.8 Å². The van der Waals surface area contributed by atoms with Gasteiger partial charge in [0.15, 0.2) is 0 Å². The highest BCUT2D eigenvalue weighted by Crippen LogP contribution is 2.31. The molecule has 0 aliphatic carbocycles. The van der Waals surface area contributed by atoms with Gasteiger partial charge in [-0.3, -0.25) is 35.0 Å². The van der Waals surface area contributed by atoms with Crippen molar-refractivity contribution < 1.29 is 43.6 Å². The number of hydrogen-bond acceptors (Lipinski definition) is 12. The molecule has 0 amide bonds. The summed E-state index contributed by atoms with van der Waals surface area (Å²) in [5.74, 6) is -2.66. The van der Waals surface area contributed by atoms with Crippen LogP contribution >= 0.6 is 34.8 Å². The number of methoxy groups -OCH3 is 2. The Balaban J connectivity index is 0.000000197. The molecule has 6 heterocycles. The SMILES string of the molecule is COC(=O)c1cc([N+](=O)[O-])cn1C.COC(=O)c1cc2ncccc2n1C.Cn1c(C(=O)O)cc2ncccc21.Cn1cc([N+](=O)[O-])cc1C(=O)C(Cl)(Cl)Cl. The van der Waals surface area contributed by atoms with Gasteiger partial charge in [0.25, 0.3) is 15.2 Å². The van der Waals surface area contributed by atoms with Gasteiger partial charge in [-0.05, 0) is 36.4 Å². The summed E-state index contributed by atoms with van der Waals surface area (Å²) in [4.78, 5) is 72.3. The Kier molecular flexibility index (Phi) is 14.2. The highest BCUT2D eigenvalue weighted by atomic mass is 35.6. The van der Waals surface area contributed by atoms with E-state index in [9.17, 15) is 39.4 Å². The Morgan fingerprint density at radius 1 is 0.691 bits per heavy atom. The lowest BCUT2D eigenvalue weighted by molar-refractivity contribution is -0.385. The molecule has 1 N–H and O–H groups in total. The van der Waals surface area contributed by atoms with Crippen LogP contribution in [0.3, 0.4) is 0 Å². The molecule has 0 radical (unpaired) electrons. The van der Waals surface area contributed by atoms with Crippen LogP contribution in [-0.2, 0) is 37.7 Å². The van der Waals surface area contributed by atoms with Crippen LogP contribution in [0.1, 0.15) is 42.0 Å². The second-order valence-electron chi connectivity index (χ2n) is 11.0. The number of aromatic nitrogens is 6. The summed E-state index contributed by atoms with van der Waals surface area (Å²) in [6, 6.07) is 12.9. The van der Waals surface area contributed by atoms with Gasteiger partial charge in [-0.15, -0.1) is 0 Å². The maximum absolute atomic E-state index is 11.5. The number of ether oxygens (including phenoxy) is 2. The number of carbonyl (C=O) groups excluding carboxylic acids is 3.